The zero-order valence-corrected chi connectivity index (χ0v) is 11.0. The van der Waals surface area contributed by atoms with Crippen molar-refractivity contribution in [1.82, 2.24) is 4.90 Å². The summed E-state index contributed by atoms with van der Waals surface area (Å²) in [6.07, 6.45) is -2.04. The van der Waals surface area contributed by atoms with Crippen LogP contribution in [0.25, 0.3) is 0 Å². The van der Waals surface area contributed by atoms with Crippen LogP contribution in [0.1, 0.15) is 42.1 Å². The van der Waals surface area contributed by atoms with E-state index in [9.17, 15) is 22.4 Å². The van der Waals surface area contributed by atoms with Crippen LogP contribution in [0, 0.1) is 5.82 Å². The molecule has 0 radical (unpaired) electrons. The Morgan fingerprint density at radius 1 is 1.25 bits per heavy atom. The fraction of sp³-hybridized carbons (Fsp3) is 0.500. The molecule has 1 amide bonds. The Kier molecular flexibility index (Phi) is 4.01. The van der Waals surface area contributed by atoms with E-state index in [0.717, 1.165) is 25.3 Å². The molecule has 0 N–H and O–H groups in total. The van der Waals surface area contributed by atoms with Gasteiger partial charge in [-0.2, -0.15) is 13.2 Å². The molecule has 0 bridgehead atoms. The summed E-state index contributed by atoms with van der Waals surface area (Å²) < 4.78 is 51.2. The van der Waals surface area contributed by atoms with Gasteiger partial charge in [-0.1, -0.05) is 0 Å². The van der Waals surface area contributed by atoms with Crippen molar-refractivity contribution in [2.75, 3.05) is 6.54 Å². The third-order valence-corrected chi connectivity index (χ3v) is 3.54. The maximum Gasteiger partial charge on any atom is 0.416 e. The van der Waals surface area contributed by atoms with Crippen LogP contribution >= 0.6 is 0 Å². The van der Waals surface area contributed by atoms with Gasteiger partial charge in [0.15, 0.2) is 0 Å². The molecular weight excluding hydrogens is 274 g/mol. The molecule has 6 heteroatoms. The van der Waals surface area contributed by atoms with Crippen molar-refractivity contribution in [3.8, 4) is 0 Å². The van der Waals surface area contributed by atoms with Crippen molar-refractivity contribution in [2.24, 2.45) is 0 Å². The van der Waals surface area contributed by atoms with Crippen LogP contribution in [0.5, 0.6) is 0 Å². The summed E-state index contributed by atoms with van der Waals surface area (Å²) in [5.41, 5.74) is -1.38. The molecule has 1 aliphatic rings. The van der Waals surface area contributed by atoms with E-state index in [2.05, 4.69) is 0 Å². The van der Waals surface area contributed by atoms with E-state index in [1.165, 1.54) is 4.90 Å². The average molecular weight is 289 g/mol. The number of alkyl halides is 3. The molecule has 1 fully saturated rings. The molecular formula is C14H15F4NO. The molecule has 0 spiro atoms. The fourth-order valence-electron chi connectivity index (χ4n) is 2.44. The number of piperidine rings is 1. The first-order chi connectivity index (χ1) is 9.29. The van der Waals surface area contributed by atoms with Crippen LogP contribution in [-0.4, -0.2) is 23.4 Å². The summed E-state index contributed by atoms with van der Waals surface area (Å²) in [7, 11) is 0. The number of halogens is 4. The van der Waals surface area contributed by atoms with Crippen LogP contribution in [0.15, 0.2) is 18.2 Å². The Bertz CT molecular complexity index is 512. The second-order valence-corrected chi connectivity index (χ2v) is 5.07. The van der Waals surface area contributed by atoms with Crippen molar-refractivity contribution >= 4 is 5.91 Å². The van der Waals surface area contributed by atoms with Gasteiger partial charge in [-0.05, 0) is 44.4 Å². The third kappa shape index (κ3) is 3.11. The summed E-state index contributed by atoms with van der Waals surface area (Å²) in [5.74, 6) is -1.59. The minimum atomic E-state index is -4.66. The van der Waals surface area contributed by atoms with E-state index in [1.54, 1.807) is 0 Å². The monoisotopic (exact) mass is 289 g/mol. The minimum Gasteiger partial charge on any atom is -0.336 e. The number of carbonyl (C=O) groups is 1. The molecule has 1 atom stereocenters. The lowest BCUT2D eigenvalue weighted by Gasteiger charge is -2.33. The van der Waals surface area contributed by atoms with Gasteiger partial charge in [0, 0.05) is 18.2 Å². The standard InChI is InChI=1S/C14H15F4NO/c1-9-4-2-3-5-19(9)13(20)10-6-11(14(16,17)18)8-12(15)7-10/h6-9H,2-5H2,1H3. The van der Waals surface area contributed by atoms with Crippen molar-refractivity contribution in [3.63, 3.8) is 0 Å². The van der Waals surface area contributed by atoms with Gasteiger partial charge >= 0.3 is 6.18 Å². The number of hydrogen-bond donors (Lipinski definition) is 0. The van der Waals surface area contributed by atoms with Gasteiger partial charge in [0.2, 0.25) is 0 Å². The molecule has 110 valence electrons. The Labute approximate surface area is 114 Å². The van der Waals surface area contributed by atoms with E-state index >= 15 is 0 Å². The molecule has 0 saturated carbocycles. The lowest BCUT2D eigenvalue weighted by atomic mass is 10.0. The Morgan fingerprint density at radius 2 is 1.95 bits per heavy atom. The molecule has 2 rings (SSSR count). The molecule has 1 aliphatic heterocycles. The van der Waals surface area contributed by atoms with Gasteiger partial charge in [0.25, 0.3) is 5.91 Å². The first-order valence-electron chi connectivity index (χ1n) is 6.48. The van der Waals surface area contributed by atoms with Crippen LogP contribution < -0.4 is 0 Å². The second-order valence-electron chi connectivity index (χ2n) is 5.07. The van der Waals surface area contributed by atoms with E-state index in [0.29, 0.717) is 18.7 Å². The number of carbonyl (C=O) groups excluding carboxylic acids is 1. The summed E-state index contributed by atoms with van der Waals surface area (Å²) in [6.45, 7) is 2.35. The normalized spacial score (nSPS) is 20.1. The lowest BCUT2D eigenvalue weighted by molar-refractivity contribution is -0.137. The second kappa shape index (κ2) is 5.42. The lowest BCUT2D eigenvalue weighted by Crippen LogP contribution is -2.42. The van der Waals surface area contributed by atoms with Gasteiger partial charge in [-0.15, -0.1) is 0 Å². The highest BCUT2D eigenvalue weighted by Crippen LogP contribution is 2.31. The van der Waals surface area contributed by atoms with Gasteiger partial charge in [0.1, 0.15) is 5.82 Å². The zero-order chi connectivity index (χ0) is 14.9. The average Bonchev–Trinajstić information content (AvgIpc) is 2.37. The van der Waals surface area contributed by atoms with Gasteiger partial charge in [0.05, 0.1) is 5.56 Å². The summed E-state index contributed by atoms with van der Waals surface area (Å²) in [6, 6.07) is 1.94. The van der Waals surface area contributed by atoms with Crippen molar-refractivity contribution in [3.05, 3.63) is 35.1 Å². The first-order valence-corrected chi connectivity index (χ1v) is 6.48. The van der Waals surface area contributed by atoms with Gasteiger partial charge < -0.3 is 4.90 Å². The molecule has 2 nitrogen and oxygen atoms in total. The van der Waals surface area contributed by atoms with Crippen LogP contribution in [0.4, 0.5) is 17.6 Å². The maximum absolute atomic E-state index is 13.3. The number of likely N-dealkylation sites (tertiary alicyclic amines) is 1. The fourth-order valence-corrected chi connectivity index (χ4v) is 2.44. The molecule has 1 aromatic rings. The highest BCUT2D eigenvalue weighted by molar-refractivity contribution is 5.94. The van der Waals surface area contributed by atoms with E-state index in [4.69, 9.17) is 0 Å². The van der Waals surface area contributed by atoms with Crippen molar-refractivity contribution in [2.45, 2.75) is 38.4 Å². The number of rotatable bonds is 1. The molecule has 20 heavy (non-hydrogen) atoms. The van der Waals surface area contributed by atoms with E-state index in [1.807, 2.05) is 6.92 Å². The Morgan fingerprint density at radius 3 is 2.55 bits per heavy atom. The Hall–Kier alpha value is -1.59. The largest absolute Gasteiger partial charge is 0.416 e. The topological polar surface area (TPSA) is 20.3 Å². The highest BCUT2D eigenvalue weighted by Gasteiger charge is 2.33. The molecule has 1 saturated heterocycles. The van der Waals surface area contributed by atoms with Crippen LogP contribution in [-0.2, 0) is 6.18 Å². The first kappa shape index (κ1) is 14.8. The summed E-state index contributed by atoms with van der Waals surface area (Å²) in [4.78, 5) is 13.7. The quantitative estimate of drug-likeness (QED) is 0.719. The van der Waals surface area contributed by atoms with Crippen LogP contribution in [0.2, 0.25) is 0 Å². The minimum absolute atomic E-state index is 0.0335. The predicted molar refractivity (Wildman–Crippen MR) is 65.8 cm³/mol. The molecule has 1 aromatic carbocycles. The summed E-state index contributed by atoms with van der Waals surface area (Å²) in [5, 5.41) is 0. The summed E-state index contributed by atoms with van der Waals surface area (Å²) >= 11 is 0. The zero-order valence-electron chi connectivity index (χ0n) is 11.0. The number of amides is 1. The van der Waals surface area contributed by atoms with E-state index in [-0.39, 0.29) is 11.6 Å². The smallest absolute Gasteiger partial charge is 0.336 e. The maximum atomic E-state index is 13.3. The number of nitrogens with zero attached hydrogens (tertiary/aromatic N) is 1. The number of hydrogen-bond acceptors (Lipinski definition) is 1. The molecule has 0 aliphatic carbocycles. The van der Waals surface area contributed by atoms with Crippen molar-refractivity contribution in [1.29, 1.82) is 0 Å². The van der Waals surface area contributed by atoms with Crippen LogP contribution in [0.3, 0.4) is 0 Å². The van der Waals surface area contributed by atoms with E-state index < -0.39 is 23.5 Å². The highest BCUT2D eigenvalue weighted by atomic mass is 19.4. The van der Waals surface area contributed by atoms with Gasteiger partial charge in [-0.25, -0.2) is 4.39 Å². The molecule has 1 heterocycles. The predicted octanol–water partition coefficient (Wildman–Crippen LogP) is 3.86. The SMILES string of the molecule is CC1CCCCN1C(=O)c1cc(F)cc(C(F)(F)F)c1. The Balaban J connectivity index is 2.32. The number of benzene rings is 1. The molecule has 1 unspecified atom stereocenters. The van der Waals surface area contributed by atoms with Gasteiger partial charge in [-0.3, -0.25) is 4.79 Å². The van der Waals surface area contributed by atoms with Crippen molar-refractivity contribution < 1.29 is 22.4 Å². The third-order valence-electron chi connectivity index (χ3n) is 3.54. The molecule has 0 aromatic heterocycles.